The molecule has 0 saturated carbocycles. The van der Waals surface area contributed by atoms with Crippen molar-refractivity contribution in [3.8, 4) is 5.75 Å². The van der Waals surface area contributed by atoms with Gasteiger partial charge in [0.1, 0.15) is 12.4 Å². The first kappa shape index (κ1) is 15.5. The standard InChI is InChI=1S/C18H23NO2/c1-14-8-9-15(2)17(12-14)18(19)13-20-10-11-21-16-6-4-3-5-7-16/h3-9,12,18H,10-11,13,19H2,1-2H3. The minimum absolute atomic E-state index is 0.0957. The van der Waals surface area contributed by atoms with E-state index in [1.165, 1.54) is 11.1 Å². The molecule has 3 nitrogen and oxygen atoms in total. The molecule has 0 heterocycles. The quantitative estimate of drug-likeness (QED) is 0.793. The summed E-state index contributed by atoms with van der Waals surface area (Å²) in [6.45, 7) is 5.72. The fraction of sp³-hybridized carbons (Fsp3) is 0.333. The summed E-state index contributed by atoms with van der Waals surface area (Å²) in [6, 6.07) is 16.0. The largest absolute Gasteiger partial charge is 0.491 e. The zero-order valence-electron chi connectivity index (χ0n) is 12.7. The molecule has 1 atom stereocenters. The number of para-hydroxylation sites is 1. The van der Waals surface area contributed by atoms with Crippen molar-refractivity contribution >= 4 is 0 Å². The topological polar surface area (TPSA) is 44.5 Å². The molecule has 0 spiro atoms. The minimum atomic E-state index is -0.0957. The Kier molecular flexibility index (Phi) is 5.78. The van der Waals surface area contributed by atoms with Crippen molar-refractivity contribution in [1.29, 1.82) is 0 Å². The number of ether oxygens (including phenoxy) is 2. The molecule has 0 bridgehead atoms. The highest BCUT2D eigenvalue weighted by Crippen LogP contribution is 2.17. The van der Waals surface area contributed by atoms with Gasteiger partial charge in [0.05, 0.1) is 19.3 Å². The molecule has 0 amide bonds. The highest BCUT2D eigenvalue weighted by molar-refractivity contribution is 5.32. The fourth-order valence-electron chi connectivity index (χ4n) is 2.19. The van der Waals surface area contributed by atoms with Crippen LogP contribution in [0.1, 0.15) is 22.7 Å². The highest BCUT2D eigenvalue weighted by Gasteiger charge is 2.09. The summed E-state index contributed by atoms with van der Waals surface area (Å²) in [5.74, 6) is 0.861. The maximum Gasteiger partial charge on any atom is 0.119 e. The van der Waals surface area contributed by atoms with Crippen molar-refractivity contribution in [3.05, 3.63) is 65.2 Å². The van der Waals surface area contributed by atoms with Gasteiger partial charge in [-0.1, -0.05) is 42.0 Å². The molecule has 2 rings (SSSR count). The number of nitrogens with two attached hydrogens (primary N) is 1. The van der Waals surface area contributed by atoms with Gasteiger partial charge in [-0.05, 0) is 37.1 Å². The van der Waals surface area contributed by atoms with E-state index in [0.717, 1.165) is 11.3 Å². The van der Waals surface area contributed by atoms with E-state index in [0.29, 0.717) is 19.8 Å². The summed E-state index contributed by atoms with van der Waals surface area (Å²) in [7, 11) is 0. The van der Waals surface area contributed by atoms with Crippen molar-refractivity contribution in [3.63, 3.8) is 0 Å². The summed E-state index contributed by atoms with van der Waals surface area (Å²) in [5, 5.41) is 0. The van der Waals surface area contributed by atoms with Gasteiger partial charge in [0.25, 0.3) is 0 Å². The van der Waals surface area contributed by atoms with E-state index in [-0.39, 0.29) is 6.04 Å². The van der Waals surface area contributed by atoms with Crippen LogP contribution in [0, 0.1) is 13.8 Å². The van der Waals surface area contributed by atoms with Gasteiger partial charge in [0.2, 0.25) is 0 Å². The number of hydrogen-bond donors (Lipinski definition) is 1. The normalized spacial score (nSPS) is 12.1. The van der Waals surface area contributed by atoms with Crippen LogP contribution in [0.3, 0.4) is 0 Å². The molecule has 0 aliphatic rings. The Balaban J connectivity index is 1.72. The third kappa shape index (κ3) is 4.88. The van der Waals surface area contributed by atoms with Crippen LogP contribution < -0.4 is 10.5 Å². The highest BCUT2D eigenvalue weighted by atomic mass is 16.5. The lowest BCUT2D eigenvalue weighted by molar-refractivity contribution is 0.0902. The monoisotopic (exact) mass is 285 g/mol. The van der Waals surface area contributed by atoms with E-state index in [9.17, 15) is 0 Å². The van der Waals surface area contributed by atoms with E-state index in [1.807, 2.05) is 30.3 Å². The number of hydrogen-bond acceptors (Lipinski definition) is 3. The molecule has 0 aliphatic heterocycles. The minimum Gasteiger partial charge on any atom is -0.491 e. The lowest BCUT2D eigenvalue weighted by Gasteiger charge is -2.16. The number of rotatable bonds is 7. The molecule has 2 N–H and O–H groups in total. The molecular weight excluding hydrogens is 262 g/mol. The van der Waals surface area contributed by atoms with Crippen LogP contribution in [0.25, 0.3) is 0 Å². The van der Waals surface area contributed by atoms with Crippen molar-refractivity contribution in [1.82, 2.24) is 0 Å². The first-order valence-electron chi connectivity index (χ1n) is 7.25. The van der Waals surface area contributed by atoms with Crippen molar-refractivity contribution < 1.29 is 9.47 Å². The van der Waals surface area contributed by atoms with Gasteiger partial charge in [0, 0.05) is 0 Å². The Bertz CT molecular complexity index is 554. The van der Waals surface area contributed by atoms with Crippen LogP contribution in [0.15, 0.2) is 48.5 Å². The average molecular weight is 285 g/mol. The predicted octanol–water partition coefficient (Wildman–Crippen LogP) is 3.40. The van der Waals surface area contributed by atoms with Crippen LogP contribution in [0.4, 0.5) is 0 Å². The van der Waals surface area contributed by atoms with Gasteiger partial charge in [-0.25, -0.2) is 0 Å². The summed E-state index contributed by atoms with van der Waals surface area (Å²) in [4.78, 5) is 0. The van der Waals surface area contributed by atoms with Crippen LogP contribution >= 0.6 is 0 Å². The second-order valence-electron chi connectivity index (χ2n) is 5.20. The molecule has 2 aromatic rings. The van der Waals surface area contributed by atoms with Gasteiger partial charge in [0.15, 0.2) is 0 Å². The smallest absolute Gasteiger partial charge is 0.119 e. The molecule has 3 heteroatoms. The Hall–Kier alpha value is -1.84. The Morgan fingerprint density at radius 2 is 1.76 bits per heavy atom. The number of benzene rings is 2. The molecule has 2 aromatic carbocycles. The zero-order chi connectivity index (χ0) is 15.1. The molecule has 0 fully saturated rings. The molecular formula is C18H23NO2. The zero-order valence-corrected chi connectivity index (χ0v) is 12.7. The first-order valence-corrected chi connectivity index (χ1v) is 7.25. The predicted molar refractivity (Wildman–Crippen MR) is 85.6 cm³/mol. The third-order valence-corrected chi connectivity index (χ3v) is 3.37. The second-order valence-corrected chi connectivity index (χ2v) is 5.20. The van der Waals surface area contributed by atoms with Crippen LogP contribution in [-0.4, -0.2) is 19.8 Å². The third-order valence-electron chi connectivity index (χ3n) is 3.37. The van der Waals surface area contributed by atoms with E-state index < -0.39 is 0 Å². The van der Waals surface area contributed by atoms with Gasteiger partial charge in [-0.15, -0.1) is 0 Å². The van der Waals surface area contributed by atoms with E-state index in [1.54, 1.807) is 0 Å². The second kappa shape index (κ2) is 7.81. The Labute approximate surface area is 126 Å². The van der Waals surface area contributed by atoms with Crippen molar-refractivity contribution in [2.45, 2.75) is 19.9 Å². The summed E-state index contributed by atoms with van der Waals surface area (Å²) < 4.78 is 11.2. The SMILES string of the molecule is Cc1ccc(C)c(C(N)COCCOc2ccccc2)c1. The first-order chi connectivity index (χ1) is 10.2. The van der Waals surface area contributed by atoms with Gasteiger partial charge in [-0.3, -0.25) is 0 Å². The molecule has 0 saturated heterocycles. The van der Waals surface area contributed by atoms with Crippen molar-refractivity contribution in [2.24, 2.45) is 5.73 Å². The molecule has 0 aliphatic carbocycles. The fourth-order valence-corrected chi connectivity index (χ4v) is 2.19. The Morgan fingerprint density at radius 1 is 1.00 bits per heavy atom. The number of aryl methyl sites for hydroxylation is 2. The van der Waals surface area contributed by atoms with Crippen molar-refractivity contribution in [2.75, 3.05) is 19.8 Å². The summed E-state index contributed by atoms with van der Waals surface area (Å²) >= 11 is 0. The van der Waals surface area contributed by atoms with Crippen LogP contribution in [0.5, 0.6) is 5.75 Å². The summed E-state index contributed by atoms with van der Waals surface area (Å²) in [6.07, 6.45) is 0. The van der Waals surface area contributed by atoms with E-state index in [2.05, 4.69) is 32.0 Å². The van der Waals surface area contributed by atoms with Gasteiger partial charge < -0.3 is 15.2 Å². The maximum absolute atomic E-state index is 6.19. The maximum atomic E-state index is 6.19. The van der Waals surface area contributed by atoms with E-state index in [4.69, 9.17) is 15.2 Å². The molecule has 112 valence electrons. The van der Waals surface area contributed by atoms with E-state index >= 15 is 0 Å². The van der Waals surface area contributed by atoms with Crippen LogP contribution in [-0.2, 0) is 4.74 Å². The van der Waals surface area contributed by atoms with Crippen LogP contribution in [0.2, 0.25) is 0 Å². The van der Waals surface area contributed by atoms with Gasteiger partial charge in [-0.2, -0.15) is 0 Å². The van der Waals surface area contributed by atoms with Gasteiger partial charge >= 0.3 is 0 Å². The summed E-state index contributed by atoms with van der Waals surface area (Å²) in [5.41, 5.74) is 9.77. The molecule has 0 radical (unpaired) electrons. The molecule has 1 unspecified atom stereocenters. The lowest BCUT2D eigenvalue weighted by Crippen LogP contribution is -2.20. The lowest BCUT2D eigenvalue weighted by atomic mass is 10.00. The Morgan fingerprint density at radius 3 is 2.52 bits per heavy atom. The molecule has 21 heavy (non-hydrogen) atoms. The average Bonchev–Trinajstić information content (AvgIpc) is 2.50. The molecule has 0 aromatic heterocycles.